The normalized spacial score (nSPS) is 9.53. The molecule has 0 aliphatic heterocycles. The standard InChI is InChI=1S/C14H18N2O3/c1-3-13(17)19-10-9-16(14(18)15-2)11-12-7-5-4-6-8-12/h3-8H,1,9-11H2,2H3,(H,15,18). The van der Waals surface area contributed by atoms with Crippen molar-refractivity contribution in [3.05, 3.63) is 48.6 Å². The fourth-order valence-electron chi connectivity index (χ4n) is 1.53. The van der Waals surface area contributed by atoms with Crippen LogP contribution in [0.25, 0.3) is 0 Å². The summed E-state index contributed by atoms with van der Waals surface area (Å²) in [4.78, 5) is 24.2. The fraction of sp³-hybridized carbons (Fsp3) is 0.286. The highest BCUT2D eigenvalue weighted by atomic mass is 16.5. The summed E-state index contributed by atoms with van der Waals surface area (Å²) in [6.07, 6.45) is 1.10. The number of carbonyl (C=O) groups is 2. The van der Waals surface area contributed by atoms with E-state index in [1.807, 2.05) is 30.3 Å². The van der Waals surface area contributed by atoms with Crippen molar-refractivity contribution in [1.82, 2.24) is 10.2 Å². The molecule has 1 aromatic rings. The van der Waals surface area contributed by atoms with Gasteiger partial charge in [-0.15, -0.1) is 0 Å². The van der Waals surface area contributed by atoms with Crippen molar-refractivity contribution < 1.29 is 14.3 Å². The molecule has 0 radical (unpaired) electrons. The summed E-state index contributed by atoms with van der Waals surface area (Å²) in [5.41, 5.74) is 1.01. The van der Waals surface area contributed by atoms with E-state index >= 15 is 0 Å². The first-order chi connectivity index (χ1) is 9.17. The maximum absolute atomic E-state index is 11.7. The molecule has 0 saturated heterocycles. The largest absolute Gasteiger partial charge is 0.461 e. The van der Waals surface area contributed by atoms with Crippen LogP contribution in [0.15, 0.2) is 43.0 Å². The van der Waals surface area contributed by atoms with E-state index in [-0.39, 0.29) is 12.6 Å². The molecule has 1 rings (SSSR count). The van der Waals surface area contributed by atoms with Crippen LogP contribution in [0.4, 0.5) is 4.79 Å². The van der Waals surface area contributed by atoms with Gasteiger partial charge in [-0.25, -0.2) is 9.59 Å². The van der Waals surface area contributed by atoms with E-state index in [1.54, 1.807) is 11.9 Å². The zero-order chi connectivity index (χ0) is 14.1. The van der Waals surface area contributed by atoms with Crippen LogP contribution in [0.2, 0.25) is 0 Å². The minimum atomic E-state index is -0.489. The van der Waals surface area contributed by atoms with E-state index in [1.165, 1.54) is 0 Å². The van der Waals surface area contributed by atoms with Gasteiger partial charge in [-0.3, -0.25) is 0 Å². The predicted molar refractivity (Wildman–Crippen MR) is 72.5 cm³/mol. The Balaban J connectivity index is 2.55. The lowest BCUT2D eigenvalue weighted by Gasteiger charge is -2.22. The van der Waals surface area contributed by atoms with Gasteiger partial charge in [-0.1, -0.05) is 36.9 Å². The monoisotopic (exact) mass is 262 g/mol. The summed E-state index contributed by atoms with van der Waals surface area (Å²) in [5.74, 6) is -0.489. The lowest BCUT2D eigenvalue weighted by molar-refractivity contribution is -0.138. The molecule has 2 amide bonds. The maximum atomic E-state index is 11.7. The van der Waals surface area contributed by atoms with Crippen molar-refractivity contribution in [3.63, 3.8) is 0 Å². The molecule has 5 heteroatoms. The first-order valence-corrected chi connectivity index (χ1v) is 5.97. The van der Waals surface area contributed by atoms with Gasteiger partial charge in [0.05, 0.1) is 6.54 Å². The van der Waals surface area contributed by atoms with Crippen molar-refractivity contribution in [2.45, 2.75) is 6.54 Å². The third-order valence-electron chi connectivity index (χ3n) is 2.49. The van der Waals surface area contributed by atoms with Crippen LogP contribution < -0.4 is 5.32 Å². The summed E-state index contributed by atoms with van der Waals surface area (Å²) in [6.45, 7) is 4.25. The minimum absolute atomic E-state index is 0.144. The van der Waals surface area contributed by atoms with Gasteiger partial charge in [-0.2, -0.15) is 0 Å². The van der Waals surface area contributed by atoms with Crippen LogP contribution in [-0.2, 0) is 16.1 Å². The van der Waals surface area contributed by atoms with Gasteiger partial charge < -0.3 is 15.0 Å². The molecule has 0 unspecified atom stereocenters. The maximum Gasteiger partial charge on any atom is 0.330 e. The summed E-state index contributed by atoms with van der Waals surface area (Å²) >= 11 is 0. The second-order valence-electron chi connectivity index (χ2n) is 3.83. The van der Waals surface area contributed by atoms with Crippen molar-refractivity contribution in [2.75, 3.05) is 20.2 Å². The Hall–Kier alpha value is -2.30. The average Bonchev–Trinajstić information content (AvgIpc) is 2.46. The predicted octanol–water partition coefficient (Wildman–Crippen LogP) is 1.56. The molecule has 0 aliphatic rings. The minimum Gasteiger partial charge on any atom is -0.461 e. The second-order valence-corrected chi connectivity index (χ2v) is 3.83. The number of benzene rings is 1. The molecule has 0 aliphatic carbocycles. The number of hydrogen-bond donors (Lipinski definition) is 1. The van der Waals surface area contributed by atoms with Crippen LogP contribution in [0.1, 0.15) is 5.56 Å². The van der Waals surface area contributed by atoms with Crippen LogP contribution in [0, 0.1) is 0 Å². The number of ether oxygens (including phenoxy) is 1. The van der Waals surface area contributed by atoms with Gasteiger partial charge in [0.1, 0.15) is 6.61 Å². The molecule has 102 valence electrons. The second kappa shape index (κ2) is 7.92. The van der Waals surface area contributed by atoms with Crippen molar-refractivity contribution in [3.8, 4) is 0 Å². The molecule has 0 aromatic heterocycles. The fourth-order valence-corrected chi connectivity index (χ4v) is 1.53. The van der Waals surface area contributed by atoms with Gasteiger partial charge >= 0.3 is 12.0 Å². The summed E-state index contributed by atoms with van der Waals surface area (Å²) < 4.78 is 4.88. The van der Waals surface area contributed by atoms with Gasteiger partial charge in [0.25, 0.3) is 0 Å². The number of urea groups is 1. The van der Waals surface area contributed by atoms with Crippen LogP contribution >= 0.6 is 0 Å². The lowest BCUT2D eigenvalue weighted by atomic mass is 10.2. The quantitative estimate of drug-likeness (QED) is 0.625. The van der Waals surface area contributed by atoms with Crippen molar-refractivity contribution in [2.24, 2.45) is 0 Å². The molecular weight excluding hydrogens is 244 g/mol. The van der Waals surface area contributed by atoms with Crippen LogP contribution in [-0.4, -0.2) is 37.1 Å². The zero-order valence-electron chi connectivity index (χ0n) is 11.0. The van der Waals surface area contributed by atoms with Gasteiger partial charge in [0.2, 0.25) is 0 Å². The third kappa shape index (κ3) is 5.25. The topological polar surface area (TPSA) is 58.6 Å². The number of nitrogens with one attached hydrogen (secondary N) is 1. The van der Waals surface area contributed by atoms with Crippen molar-refractivity contribution >= 4 is 12.0 Å². The first kappa shape index (κ1) is 14.8. The molecule has 0 bridgehead atoms. The number of rotatable bonds is 6. The number of amides is 2. The Morgan fingerprint density at radius 3 is 2.63 bits per heavy atom. The Morgan fingerprint density at radius 1 is 1.37 bits per heavy atom. The van der Waals surface area contributed by atoms with E-state index < -0.39 is 5.97 Å². The van der Waals surface area contributed by atoms with Gasteiger partial charge in [-0.05, 0) is 5.56 Å². The Labute approximate surface area is 112 Å². The van der Waals surface area contributed by atoms with E-state index in [4.69, 9.17) is 4.74 Å². The molecule has 0 heterocycles. The highest BCUT2D eigenvalue weighted by molar-refractivity contribution is 5.81. The molecule has 0 saturated carbocycles. The number of esters is 1. The van der Waals surface area contributed by atoms with Gasteiger partial charge in [0, 0.05) is 19.7 Å². The Bertz CT molecular complexity index is 432. The van der Waals surface area contributed by atoms with E-state index in [2.05, 4.69) is 11.9 Å². The molecule has 0 spiro atoms. The average molecular weight is 262 g/mol. The molecule has 0 fully saturated rings. The SMILES string of the molecule is C=CC(=O)OCCN(Cc1ccccc1)C(=O)NC. The van der Waals surface area contributed by atoms with Crippen LogP contribution in [0.3, 0.4) is 0 Å². The third-order valence-corrected chi connectivity index (χ3v) is 2.49. The van der Waals surface area contributed by atoms with E-state index in [0.29, 0.717) is 13.1 Å². The number of hydrogen-bond acceptors (Lipinski definition) is 3. The van der Waals surface area contributed by atoms with Crippen LogP contribution in [0.5, 0.6) is 0 Å². The molecule has 5 nitrogen and oxygen atoms in total. The number of carbonyl (C=O) groups excluding carboxylic acids is 2. The Morgan fingerprint density at radius 2 is 2.05 bits per heavy atom. The molecule has 19 heavy (non-hydrogen) atoms. The molecule has 0 atom stereocenters. The van der Waals surface area contributed by atoms with Crippen molar-refractivity contribution in [1.29, 1.82) is 0 Å². The van der Waals surface area contributed by atoms with Gasteiger partial charge in [0.15, 0.2) is 0 Å². The lowest BCUT2D eigenvalue weighted by Crippen LogP contribution is -2.39. The highest BCUT2D eigenvalue weighted by Gasteiger charge is 2.12. The Kier molecular flexibility index (Phi) is 6.15. The smallest absolute Gasteiger partial charge is 0.330 e. The highest BCUT2D eigenvalue weighted by Crippen LogP contribution is 2.04. The first-order valence-electron chi connectivity index (χ1n) is 5.97. The van der Waals surface area contributed by atoms with E-state index in [0.717, 1.165) is 11.6 Å². The molecular formula is C14H18N2O3. The zero-order valence-corrected chi connectivity index (χ0v) is 11.0. The summed E-state index contributed by atoms with van der Waals surface area (Å²) in [6, 6.07) is 9.40. The number of nitrogens with zero attached hydrogens (tertiary/aromatic N) is 1. The summed E-state index contributed by atoms with van der Waals surface area (Å²) in [5, 5.41) is 2.56. The molecule has 1 aromatic carbocycles. The molecule has 1 N–H and O–H groups in total. The summed E-state index contributed by atoms with van der Waals surface area (Å²) in [7, 11) is 1.57. The van der Waals surface area contributed by atoms with E-state index in [9.17, 15) is 9.59 Å².